The number of ether oxygens (including phenoxy) is 2. The fourth-order valence-corrected chi connectivity index (χ4v) is 3.08. The zero-order valence-electron chi connectivity index (χ0n) is 20.7. The second-order valence-corrected chi connectivity index (χ2v) is 7.82. The van der Waals surface area contributed by atoms with Crippen LogP contribution in [-0.4, -0.2) is 48.4 Å². The average Bonchev–Trinajstić information content (AvgIpc) is 2.88. The summed E-state index contributed by atoms with van der Waals surface area (Å²) >= 11 is 0. The Morgan fingerprint density at radius 1 is 1.00 bits per heavy atom. The molecule has 39 heavy (non-hydrogen) atoms. The highest BCUT2D eigenvalue weighted by Crippen LogP contribution is 2.30. The molecule has 0 atom stereocenters. The monoisotopic (exact) mass is 555 g/mol. The molecule has 210 valence electrons. The number of benzene rings is 3. The summed E-state index contributed by atoms with van der Waals surface area (Å²) in [7, 11) is 1.49. The highest BCUT2D eigenvalue weighted by Gasteiger charge is 2.38. The van der Waals surface area contributed by atoms with Crippen LogP contribution in [0, 0.1) is 11.6 Å². The zero-order chi connectivity index (χ0) is 29.0. The van der Waals surface area contributed by atoms with E-state index in [4.69, 9.17) is 25.1 Å². The fraction of sp³-hybridized carbons (Fsp3) is 0.231. The second-order valence-electron chi connectivity index (χ2n) is 7.82. The largest absolute Gasteiger partial charge is 0.493 e. The number of amides is 2. The Labute approximate surface area is 220 Å². The number of hydrogen-bond acceptors (Lipinski definition) is 5. The lowest BCUT2D eigenvalue weighted by molar-refractivity contribution is -0.192. The van der Waals surface area contributed by atoms with Crippen LogP contribution in [0.25, 0.3) is 0 Å². The molecule has 0 radical (unpaired) electrons. The van der Waals surface area contributed by atoms with E-state index in [1.807, 2.05) is 18.2 Å². The number of aliphatic carboxylic acids is 1. The molecule has 8 nitrogen and oxygen atoms in total. The van der Waals surface area contributed by atoms with Crippen molar-refractivity contribution in [2.75, 3.05) is 25.5 Å². The number of carboxylic acid groups (broad SMARTS) is 1. The van der Waals surface area contributed by atoms with Crippen molar-refractivity contribution in [1.82, 2.24) is 4.90 Å². The Kier molecular flexibility index (Phi) is 11.5. The normalized spacial score (nSPS) is 10.6. The summed E-state index contributed by atoms with van der Waals surface area (Å²) in [6.45, 7) is 0.895. The maximum absolute atomic E-state index is 13.8. The number of nitrogens with one attached hydrogen (secondary N) is 1. The van der Waals surface area contributed by atoms with E-state index in [0.29, 0.717) is 36.8 Å². The third-order valence-corrected chi connectivity index (χ3v) is 4.95. The third kappa shape index (κ3) is 10.1. The lowest BCUT2D eigenvalue weighted by atomic mass is 10.2. The van der Waals surface area contributed by atoms with Crippen molar-refractivity contribution >= 4 is 17.7 Å². The lowest BCUT2D eigenvalue weighted by Gasteiger charge is -2.23. The molecule has 4 N–H and O–H groups in total. The van der Waals surface area contributed by atoms with Gasteiger partial charge in [0, 0.05) is 37.0 Å². The van der Waals surface area contributed by atoms with Crippen molar-refractivity contribution in [3.05, 3.63) is 89.5 Å². The number of alkyl halides is 3. The van der Waals surface area contributed by atoms with Gasteiger partial charge in [0.05, 0.1) is 7.11 Å². The molecule has 0 unspecified atom stereocenters. The van der Waals surface area contributed by atoms with Crippen LogP contribution in [0.4, 0.5) is 32.4 Å². The molecule has 13 heteroatoms. The van der Waals surface area contributed by atoms with Crippen LogP contribution in [-0.2, 0) is 17.9 Å². The van der Waals surface area contributed by atoms with Crippen molar-refractivity contribution in [3.8, 4) is 11.5 Å². The lowest BCUT2D eigenvalue weighted by Crippen LogP contribution is -2.38. The Morgan fingerprint density at radius 3 is 2.23 bits per heavy atom. The topological polar surface area (TPSA) is 114 Å². The van der Waals surface area contributed by atoms with Crippen molar-refractivity contribution in [1.29, 1.82) is 0 Å². The molecule has 0 spiro atoms. The smallest absolute Gasteiger partial charge is 0.490 e. The van der Waals surface area contributed by atoms with Gasteiger partial charge < -0.3 is 30.5 Å². The van der Waals surface area contributed by atoms with E-state index in [0.717, 1.165) is 11.6 Å². The number of nitrogens with two attached hydrogens (primary N) is 1. The van der Waals surface area contributed by atoms with Crippen LogP contribution >= 0.6 is 0 Å². The number of halogens is 5. The highest BCUT2D eigenvalue weighted by molar-refractivity contribution is 5.89. The van der Waals surface area contributed by atoms with Gasteiger partial charge in [-0.3, -0.25) is 0 Å². The summed E-state index contributed by atoms with van der Waals surface area (Å²) in [5, 5.41) is 9.97. The average molecular weight is 556 g/mol. The third-order valence-electron chi connectivity index (χ3n) is 4.95. The quantitative estimate of drug-likeness (QED) is 0.314. The Bertz CT molecular complexity index is 1240. The van der Waals surface area contributed by atoms with Gasteiger partial charge in [0.25, 0.3) is 0 Å². The van der Waals surface area contributed by atoms with Crippen molar-refractivity contribution in [3.63, 3.8) is 0 Å². The van der Waals surface area contributed by atoms with Gasteiger partial charge in [0.2, 0.25) is 0 Å². The molecule has 0 heterocycles. The van der Waals surface area contributed by atoms with Crippen LogP contribution < -0.4 is 20.5 Å². The van der Waals surface area contributed by atoms with Crippen molar-refractivity contribution in [2.24, 2.45) is 5.73 Å². The maximum atomic E-state index is 13.8. The highest BCUT2D eigenvalue weighted by atomic mass is 19.4. The molecule has 0 saturated carbocycles. The van der Waals surface area contributed by atoms with Crippen molar-refractivity contribution < 1.29 is 46.1 Å². The molecule has 0 aliphatic heterocycles. The predicted molar refractivity (Wildman–Crippen MR) is 132 cm³/mol. The Balaban J connectivity index is 0.000000673. The van der Waals surface area contributed by atoms with Crippen LogP contribution in [0.5, 0.6) is 11.5 Å². The first-order valence-electron chi connectivity index (χ1n) is 11.3. The number of anilines is 1. The zero-order valence-corrected chi connectivity index (χ0v) is 20.7. The molecule has 0 bridgehead atoms. The molecule has 3 rings (SSSR count). The van der Waals surface area contributed by atoms with Crippen molar-refractivity contribution in [2.45, 2.75) is 19.3 Å². The van der Waals surface area contributed by atoms with Crippen LogP contribution in [0.1, 0.15) is 11.1 Å². The molecule has 0 aliphatic carbocycles. The molecule has 2 amide bonds. The maximum Gasteiger partial charge on any atom is 0.490 e. The summed E-state index contributed by atoms with van der Waals surface area (Å²) in [6, 6.07) is 17.4. The number of carbonyl (C=O) groups is 2. The van der Waals surface area contributed by atoms with Crippen LogP contribution in [0.2, 0.25) is 0 Å². The van der Waals surface area contributed by atoms with E-state index in [9.17, 15) is 26.7 Å². The standard InChI is InChI=1S/C24H25F2N3O3.C2HF3O2/c1-31-23-13-17(7-10-22(23)32-16-18-8-9-19(25)14-21(18)26)15-29(12-11-27)24(30)28-20-5-3-2-4-6-20;3-2(4,5)1(6)7/h2-10,13-14H,11-12,15-16,27H2,1H3,(H,28,30);(H,6,7). The molecule has 0 fully saturated rings. The second kappa shape index (κ2) is 14.5. The Hall–Kier alpha value is -4.39. The number of nitrogens with zero attached hydrogens (tertiary/aromatic N) is 1. The molecule has 3 aromatic rings. The number of rotatable bonds is 9. The minimum Gasteiger partial charge on any atom is -0.493 e. The summed E-state index contributed by atoms with van der Waals surface area (Å²) in [4.78, 5) is 23.2. The van der Waals surface area contributed by atoms with Gasteiger partial charge in [-0.2, -0.15) is 13.2 Å². The van der Waals surface area contributed by atoms with Gasteiger partial charge in [0.1, 0.15) is 18.2 Å². The minimum absolute atomic E-state index is 0.0827. The number of urea groups is 1. The summed E-state index contributed by atoms with van der Waals surface area (Å²) in [5.74, 6) is -3.25. The van der Waals surface area contributed by atoms with E-state index in [1.54, 1.807) is 35.2 Å². The molecule has 0 aliphatic rings. The summed E-state index contributed by atoms with van der Waals surface area (Å²) in [5.41, 5.74) is 7.41. The Morgan fingerprint density at radius 2 is 1.67 bits per heavy atom. The van der Waals surface area contributed by atoms with E-state index in [2.05, 4.69) is 5.32 Å². The SMILES string of the molecule is COc1cc(CN(CCN)C(=O)Nc2ccccc2)ccc1OCc1ccc(F)cc1F.O=C(O)C(F)(F)F. The molecule has 0 aromatic heterocycles. The van der Waals surface area contributed by atoms with Gasteiger partial charge in [-0.05, 0) is 42.0 Å². The number of para-hydroxylation sites is 1. The number of methoxy groups -OCH3 is 1. The van der Waals surface area contributed by atoms with E-state index < -0.39 is 23.8 Å². The van der Waals surface area contributed by atoms with Crippen LogP contribution in [0.15, 0.2) is 66.7 Å². The number of carboxylic acids is 1. The van der Waals surface area contributed by atoms with Gasteiger partial charge in [-0.15, -0.1) is 0 Å². The van der Waals surface area contributed by atoms with Gasteiger partial charge in [0.15, 0.2) is 11.5 Å². The first kappa shape index (κ1) is 30.8. The van der Waals surface area contributed by atoms with Gasteiger partial charge in [-0.1, -0.05) is 24.3 Å². The van der Waals surface area contributed by atoms with Gasteiger partial charge in [-0.25, -0.2) is 18.4 Å². The summed E-state index contributed by atoms with van der Waals surface area (Å²) < 4.78 is 69.7. The first-order valence-corrected chi connectivity index (χ1v) is 11.3. The number of hydrogen-bond donors (Lipinski definition) is 3. The molecule has 0 saturated heterocycles. The first-order chi connectivity index (χ1) is 18.4. The summed E-state index contributed by atoms with van der Waals surface area (Å²) in [6.07, 6.45) is -5.08. The van der Waals surface area contributed by atoms with E-state index in [1.165, 1.54) is 19.2 Å². The van der Waals surface area contributed by atoms with E-state index >= 15 is 0 Å². The van der Waals surface area contributed by atoms with Gasteiger partial charge >= 0.3 is 18.2 Å². The fourth-order valence-electron chi connectivity index (χ4n) is 3.08. The minimum atomic E-state index is -5.08. The molecular formula is C26H26F5N3O5. The van der Waals surface area contributed by atoms with E-state index in [-0.39, 0.29) is 18.2 Å². The van der Waals surface area contributed by atoms with Crippen LogP contribution in [0.3, 0.4) is 0 Å². The predicted octanol–water partition coefficient (Wildman–Crippen LogP) is 5.18. The number of carbonyl (C=O) groups excluding carboxylic acids is 1. The molecule has 3 aromatic carbocycles. The molecular weight excluding hydrogens is 529 g/mol.